The lowest BCUT2D eigenvalue weighted by atomic mass is 10.2. The van der Waals surface area contributed by atoms with E-state index in [-0.39, 0.29) is 6.42 Å². The molecule has 0 aliphatic rings. The van der Waals surface area contributed by atoms with Crippen molar-refractivity contribution < 1.29 is 4.74 Å². The number of benzene rings is 1. The van der Waals surface area contributed by atoms with Crippen LogP contribution in [0.15, 0.2) is 24.3 Å². The molecule has 0 bridgehead atoms. The third-order valence-corrected chi connectivity index (χ3v) is 3.16. The highest BCUT2D eigenvalue weighted by atomic mass is 35.5. The Hall–Kier alpha value is -1.99. The van der Waals surface area contributed by atoms with Gasteiger partial charge in [-0.25, -0.2) is 4.98 Å². The molecule has 18 heavy (non-hydrogen) atoms. The summed E-state index contributed by atoms with van der Waals surface area (Å²) < 4.78 is 6.88. The molecule has 0 amide bonds. The lowest BCUT2D eigenvalue weighted by molar-refractivity contribution is 0.415. The average Bonchev–Trinajstić information content (AvgIpc) is 2.68. The van der Waals surface area contributed by atoms with Crippen LogP contribution < -0.4 is 4.74 Å². The molecule has 0 fully saturated rings. The average molecular weight is 262 g/mol. The van der Waals surface area contributed by atoms with Crippen molar-refractivity contribution in [1.82, 2.24) is 9.55 Å². The molecule has 0 saturated heterocycles. The van der Waals surface area contributed by atoms with Gasteiger partial charge in [-0.2, -0.15) is 5.26 Å². The smallest absolute Gasteiger partial charge is 0.141 e. The minimum atomic E-state index is 0.211. The molecular formula is C13H12ClN3O. The molecule has 1 aromatic carbocycles. The third-order valence-electron chi connectivity index (χ3n) is 2.69. The summed E-state index contributed by atoms with van der Waals surface area (Å²) in [6.07, 6.45) is 0.211. The number of aromatic nitrogens is 2. The topological polar surface area (TPSA) is 50.8 Å². The Kier molecular flexibility index (Phi) is 3.54. The fourth-order valence-corrected chi connectivity index (χ4v) is 1.91. The molecule has 5 heteroatoms. The van der Waals surface area contributed by atoms with Crippen LogP contribution in [0.2, 0.25) is 5.15 Å². The van der Waals surface area contributed by atoms with Crippen molar-refractivity contribution in [2.45, 2.75) is 6.42 Å². The molecule has 1 heterocycles. The van der Waals surface area contributed by atoms with Gasteiger partial charge in [0.25, 0.3) is 0 Å². The zero-order valence-electron chi connectivity index (χ0n) is 10.1. The second-order valence-corrected chi connectivity index (χ2v) is 4.15. The van der Waals surface area contributed by atoms with Gasteiger partial charge >= 0.3 is 0 Å². The van der Waals surface area contributed by atoms with Gasteiger partial charge in [0.05, 0.1) is 25.3 Å². The number of rotatable bonds is 3. The van der Waals surface area contributed by atoms with E-state index in [1.54, 1.807) is 11.7 Å². The predicted molar refractivity (Wildman–Crippen MR) is 69.5 cm³/mol. The zero-order valence-corrected chi connectivity index (χ0v) is 10.9. The van der Waals surface area contributed by atoms with Gasteiger partial charge in [-0.05, 0) is 24.3 Å². The van der Waals surface area contributed by atoms with Crippen molar-refractivity contribution in [1.29, 1.82) is 5.26 Å². The predicted octanol–water partition coefficient (Wildman–Crippen LogP) is 2.82. The summed E-state index contributed by atoms with van der Waals surface area (Å²) in [6, 6.07) is 9.60. The van der Waals surface area contributed by atoms with Gasteiger partial charge in [0.15, 0.2) is 0 Å². The first kappa shape index (κ1) is 12.5. The van der Waals surface area contributed by atoms with Crippen LogP contribution in [0.5, 0.6) is 5.75 Å². The molecular weight excluding hydrogens is 250 g/mol. The molecule has 0 saturated carbocycles. The van der Waals surface area contributed by atoms with Crippen LogP contribution in [-0.4, -0.2) is 16.7 Å². The zero-order chi connectivity index (χ0) is 13.1. The maximum atomic E-state index is 8.71. The number of hydrogen-bond donors (Lipinski definition) is 0. The van der Waals surface area contributed by atoms with Crippen LogP contribution in [0.1, 0.15) is 5.69 Å². The summed E-state index contributed by atoms with van der Waals surface area (Å²) >= 11 is 6.13. The van der Waals surface area contributed by atoms with Gasteiger partial charge in [0.2, 0.25) is 0 Å². The second-order valence-electron chi connectivity index (χ2n) is 3.80. The van der Waals surface area contributed by atoms with E-state index in [4.69, 9.17) is 21.6 Å². The van der Waals surface area contributed by atoms with E-state index >= 15 is 0 Å². The van der Waals surface area contributed by atoms with Crippen LogP contribution >= 0.6 is 11.6 Å². The number of hydrogen-bond acceptors (Lipinski definition) is 3. The van der Waals surface area contributed by atoms with Crippen LogP contribution in [0, 0.1) is 11.3 Å². The number of nitrogens with zero attached hydrogens (tertiary/aromatic N) is 3. The molecule has 2 rings (SSSR count). The molecule has 1 aromatic heterocycles. The first-order chi connectivity index (χ1) is 8.67. The summed E-state index contributed by atoms with van der Waals surface area (Å²) in [7, 11) is 3.45. The lowest BCUT2D eigenvalue weighted by Crippen LogP contribution is -1.92. The summed E-state index contributed by atoms with van der Waals surface area (Å²) in [4.78, 5) is 4.39. The first-order valence-electron chi connectivity index (χ1n) is 5.40. The Bertz CT molecular complexity index is 596. The SMILES string of the molecule is COc1ccc(-c2nc(CC#N)c(Cl)n2C)cc1. The number of ether oxygens (including phenoxy) is 1. The number of imidazole rings is 1. The highest BCUT2D eigenvalue weighted by molar-refractivity contribution is 6.30. The second kappa shape index (κ2) is 5.11. The molecule has 0 aliphatic heterocycles. The standard InChI is InChI=1S/C13H12ClN3O/c1-17-12(14)11(7-8-15)16-13(17)9-3-5-10(18-2)6-4-9/h3-6H,7H2,1-2H3. The van der Waals surface area contributed by atoms with Crippen molar-refractivity contribution in [3.8, 4) is 23.2 Å². The summed E-state index contributed by atoms with van der Waals surface area (Å²) in [5, 5.41) is 9.21. The minimum absolute atomic E-state index is 0.211. The van der Waals surface area contributed by atoms with Gasteiger partial charge in [0, 0.05) is 12.6 Å². The maximum absolute atomic E-state index is 8.71. The molecule has 0 spiro atoms. The molecule has 4 nitrogen and oxygen atoms in total. The summed E-state index contributed by atoms with van der Waals surface area (Å²) in [5.41, 5.74) is 1.54. The Labute approximate surface area is 110 Å². The van der Waals surface area contributed by atoms with Crippen molar-refractivity contribution in [3.05, 3.63) is 35.1 Å². The van der Waals surface area contributed by atoms with Crippen LogP contribution in [0.3, 0.4) is 0 Å². The van der Waals surface area contributed by atoms with Crippen molar-refractivity contribution in [2.75, 3.05) is 7.11 Å². The molecule has 92 valence electrons. The molecule has 2 aromatic rings. The van der Waals surface area contributed by atoms with Gasteiger partial charge in [-0.15, -0.1) is 0 Å². The number of methoxy groups -OCH3 is 1. The lowest BCUT2D eigenvalue weighted by Gasteiger charge is -2.03. The van der Waals surface area contributed by atoms with Gasteiger partial charge < -0.3 is 9.30 Å². The van der Waals surface area contributed by atoms with Crippen LogP contribution in [0.25, 0.3) is 11.4 Å². The molecule has 0 unspecified atom stereocenters. The van der Waals surface area contributed by atoms with Crippen molar-refractivity contribution in [2.24, 2.45) is 7.05 Å². The maximum Gasteiger partial charge on any atom is 0.141 e. The van der Waals surface area contributed by atoms with E-state index in [0.717, 1.165) is 17.1 Å². The van der Waals surface area contributed by atoms with E-state index in [1.807, 2.05) is 31.3 Å². The molecule has 0 N–H and O–H groups in total. The van der Waals surface area contributed by atoms with E-state index in [1.165, 1.54) is 0 Å². The fraction of sp³-hybridized carbons (Fsp3) is 0.231. The van der Waals surface area contributed by atoms with Crippen molar-refractivity contribution >= 4 is 11.6 Å². The Morgan fingerprint density at radius 1 is 1.39 bits per heavy atom. The monoisotopic (exact) mass is 261 g/mol. The quantitative estimate of drug-likeness (QED) is 0.854. The normalized spacial score (nSPS) is 10.1. The Morgan fingerprint density at radius 3 is 2.61 bits per heavy atom. The van der Waals surface area contributed by atoms with E-state index < -0.39 is 0 Å². The third kappa shape index (κ3) is 2.18. The molecule has 0 radical (unpaired) electrons. The van der Waals surface area contributed by atoms with Crippen LogP contribution in [0.4, 0.5) is 0 Å². The summed E-state index contributed by atoms with van der Waals surface area (Å²) in [5.74, 6) is 1.53. The van der Waals surface area contributed by atoms with Gasteiger partial charge in [-0.3, -0.25) is 0 Å². The fourth-order valence-electron chi connectivity index (χ4n) is 1.72. The van der Waals surface area contributed by atoms with E-state index in [0.29, 0.717) is 10.8 Å². The van der Waals surface area contributed by atoms with Crippen LogP contribution in [-0.2, 0) is 13.5 Å². The Morgan fingerprint density at radius 2 is 2.06 bits per heavy atom. The number of halogens is 1. The minimum Gasteiger partial charge on any atom is -0.497 e. The molecule has 0 aliphatic carbocycles. The van der Waals surface area contributed by atoms with Gasteiger partial charge in [0.1, 0.15) is 16.7 Å². The van der Waals surface area contributed by atoms with E-state index in [2.05, 4.69) is 11.1 Å². The van der Waals surface area contributed by atoms with Gasteiger partial charge in [-0.1, -0.05) is 11.6 Å². The first-order valence-corrected chi connectivity index (χ1v) is 5.77. The van der Waals surface area contributed by atoms with E-state index in [9.17, 15) is 0 Å². The highest BCUT2D eigenvalue weighted by Crippen LogP contribution is 2.26. The van der Waals surface area contributed by atoms with Crippen molar-refractivity contribution in [3.63, 3.8) is 0 Å². The largest absolute Gasteiger partial charge is 0.497 e. The summed E-state index contributed by atoms with van der Waals surface area (Å²) in [6.45, 7) is 0. The highest BCUT2D eigenvalue weighted by Gasteiger charge is 2.13. The Balaban J connectivity index is 2.44. The number of nitriles is 1. The molecule has 0 atom stereocenters.